The van der Waals surface area contributed by atoms with E-state index in [4.69, 9.17) is 18.5 Å². The zero-order chi connectivity index (χ0) is 69.7. The van der Waals surface area contributed by atoms with E-state index in [1.807, 2.05) is 21.1 Å². The van der Waals surface area contributed by atoms with Gasteiger partial charge in [0, 0.05) is 12.8 Å². The summed E-state index contributed by atoms with van der Waals surface area (Å²) in [5.41, 5.74) is 0. The van der Waals surface area contributed by atoms with Gasteiger partial charge in [0.1, 0.15) is 19.8 Å². The molecule has 0 aliphatic heterocycles. The second-order valence-corrected chi connectivity index (χ2v) is 27.7. The first kappa shape index (κ1) is 91.1. The predicted octanol–water partition coefficient (Wildman–Crippen LogP) is 25.2. The van der Waals surface area contributed by atoms with E-state index < -0.39 is 32.5 Å². The minimum absolute atomic E-state index is 0.0392. The van der Waals surface area contributed by atoms with Gasteiger partial charge in [-0.05, 0) is 135 Å². The molecule has 0 N–H and O–H groups in total. The first-order chi connectivity index (χ1) is 47.0. The summed E-state index contributed by atoms with van der Waals surface area (Å²) in [6, 6.07) is 0. The number of hydrogen-bond acceptors (Lipinski definition) is 8. The first-order valence-electron chi connectivity index (χ1n) is 38.5. The number of likely N-dealkylation sites (N-methyl/N-ethyl adjacent to an activating group) is 1. The van der Waals surface area contributed by atoms with Crippen molar-refractivity contribution >= 4 is 19.8 Å². The molecule has 544 valence electrons. The maximum atomic E-state index is 12.9. The number of quaternary nitrogens is 1. The van der Waals surface area contributed by atoms with Crippen LogP contribution in [-0.4, -0.2) is 70.0 Å². The molecule has 0 aromatic rings. The summed E-state index contributed by atoms with van der Waals surface area (Å²) >= 11 is 0. The van der Waals surface area contributed by atoms with Gasteiger partial charge in [0.05, 0.1) is 27.7 Å². The lowest BCUT2D eigenvalue weighted by Gasteiger charge is -2.28. The highest BCUT2D eigenvalue weighted by atomic mass is 31.2. The van der Waals surface area contributed by atoms with Gasteiger partial charge in [0.2, 0.25) is 0 Å². The number of unbranched alkanes of at least 4 members (excludes halogenated alkanes) is 25. The molecule has 0 bridgehead atoms. The van der Waals surface area contributed by atoms with Crippen LogP contribution in [0, 0.1) is 0 Å². The maximum Gasteiger partial charge on any atom is 0.306 e. The van der Waals surface area contributed by atoms with Gasteiger partial charge in [-0.25, -0.2) is 0 Å². The summed E-state index contributed by atoms with van der Waals surface area (Å²) in [6.45, 7) is 4.01. The van der Waals surface area contributed by atoms with E-state index in [0.717, 1.165) is 141 Å². The second-order valence-electron chi connectivity index (χ2n) is 26.3. The molecule has 0 saturated heterocycles. The number of allylic oxidation sites excluding steroid dienone is 30. The van der Waals surface area contributed by atoms with Crippen LogP contribution in [0.3, 0.4) is 0 Å². The minimum atomic E-state index is -4.66. The van der Waals surface area contributed by atoms with Crippen LogP contribution in [0.1, 0.15) is 296 Å². The van der Waals surface area contributed by atoms with Gasteiger partial charge in [-0.3, -0.25) is 14.2 Å². The van der Waals surface area contributed by atoms with Gasteiger partial charge < -0.3 is 27.9 Å². The number of phosphoric acid groups is 1. The third kappa shape index (κ3) is 78.1. The van der Waals surface area contributed by atoms with Crippen molar-refractivity contribution in [3.05, 3.63) is 182 Å². The monoisotopic (exact) mass is 1350 g/mol. The Morgan fingerprint density at radius 1 is 0.323 bits per heavy atom. The summed E-state index contributed by atoms with van der Waals surface area (Å²) in [5.74, 6) is -0.844. The SMILES string of the molecule is CC/C=C\C/C=C\C/C=C\C/C=C\C/C=C\C/C=C\C/C=C\C/C=C\CCCCCCCCCCCCCCCCCCC(=O)OC(COC(=O)CCCCCCCCCCC/C=C\C/C=C\C/C=C\C/C=C\C/C=C\C/C=C\C/C=C\CC)COP(=O)([O-])OCC[N+](C)(C)C. The van der Waals surface area contributed by atoms with E-state index in [1.54, 1.807) is 0 Å². The summed E-state index contributed by atoms with van der Waals surface area (Å²) < 4.78 is 34.4. The summed E-state index contributed by atoms with van der Waals surface area (Å²) in [4.78, 5) is 38.2. The maximum absolute atomic E-state index is 12.9. The van der Waals surface area contributed by atoms with Crippen molar-refractivity contribution in [3.63, 3.8) is 0 Å². The number of esters is 2. The van der Waals surface area contributed by atoms with Gasteiger partial charge >= 0.3 is 11.9 Å². The lowest BCUT2D eigenvalue weighted by Crippen LogP contribution is -2.37. The largest absolute Gasteiger partial charge is 0.756 e. The Morgan fingerprint density at radius 3 is 0.833 bits per heavy atom. The fourth-order valence-electron chi connectivity index (χ4n) is 10.1. The fourth-order valence-corrected chi connectivity index (χ4v) is 10.9. The van der Waals surface area contributed by atoms with Crippen LogP contribution in [0.5, 0.6) is 0 Å². The lowest BCUT2D eigenvalue weighted by molar-refractivity contribution is -0.870. The van der Waals surface area contributed by atoms with E-state index in [2.05, 4.69) is 196 Å². The topological polar surface area (TPSA) is 111 Å². The zero-order valence-electron chi connectivity index (χ0n) is 62.0. The third-order valence-electron chi connectivity index (χ3n) is 15.9. The van der Waals surface area contributed by atoms with Crippen molar-refractivity contribution < 1.29 is 42.1 Å². The average Bonchev–Trinajstić information content (AvgIpc) is 2.54. The van der Waals surface area contributed by atoms with Gasteiger partial charge in [-0.2, -0.15) is 0 Å². The Balaban J connectivity index is 4.05. The Bertz CT molecular complexity index is 2280. The second kappa shape index (κ2) is 74.3. The molecule has 0 aliphatic carbocycles. The quantitative estimate of drug-likeness (QED) is 0.0195. The van der Waals surface area contributed by atoms with Crippen LogP contribution >= 0.6 is 7.82 Å². The first-order valence-corrected chi connectivity index (χ1v) is 40.0. The number of nitrogens with zero attached hydrogens (tertiary/aromatic N) is 1. The highest BCUT2D eigenvalue weighted by molar-refractivity contribution is 7.45. The molecule has 0 aliphatic rings. The fraction of sp³-hybridized carbons (Fsp3) is 0.628. The summed E-state index contributed by atoms with van der Waals surface area (Å²) in [7, 11) is 1.15. The van der Waals surface area contributed by atoms with Crippen molar-refractivity contribution in [2.24, 2.45) is 0 Å². The van der Waals surface area contributed by atoms with Gasteiger partial charge in [0.25, 0.3) is 7.82 Å². The highest BCUT2D eigenvalue weighted by Crippen LogP contribution is 2.38. The van der Waals surface area contributed by atoms with Crippen molar-refractivity contribution in [2.75, 3.05) is 47.5 Å². The molecule has 0 spiro atoms. The molecule has 2 unspecified atom stereocenters. The van der Waals surface area contributed by atoms with E-state index in [0.29, 0.717) is 23.9 Å². The molecule has 0 aromatic carbocycles. The molecule has 0 radical (unpaired) electrons. The Hall–Kier alpha value is -4.89. The summed E-state index contributed by atoms with van der Waals surface area (Å²) in [5, 5.41) is 0. The molecule has 0 rings (SSSR count). The Kier molecular flexibility index (Phi) is 70.5. The molecule has 10 heteroatoms. The number of phosphoric ester groups is 1. The smallest absolute Gasteiger partial charge is 0.306 e. The number of carbonyl (C=O) groups is 2. The van der Waals surface area contributed by atoms with Crippen LogP contribution in [0.15, 0.2) is 182 Å². The van der Waals surface area contributed by atoms with E-state index in [-0.39, 0.29) is 26.1 Å². The molecule has 0 amide bonds. The molecule has 0 aromatic heterocycles. The molecular formula is C86H142NO8P. The summed E-state index contributed by atoms with van der Waals surface area (Å²) in [6.07, 6.45) is 114. The predicted molar refractivity (Wildman–Crippen MR) is 415 cm³/mol. The van der Waals surface area contributed by atoms with E-state index in [9.17, 15) is 19.0 Å². The molecule has 9 nitrogen and oxygen atoms in total. The lowest BCUT2D eigenvalue weighted by atomic mass is 10.0. The van der Waals surface area contributed by atoms with Crippen LogP contribution in [-0.2, 0) is 32.7 Å². The Labute approximate surface area is 591 Å². The third-order valence-corrected chi connectivity index (χ3v) is 16.9. The molecule has 0 saturated carbocycles. The van der Waals surface area contributed by atoms with Crippen LogP contribution in [0.25, 0.3) is 0 Å². The van der Waals surface area contributed by atoms with Gasteiger partial charge in [0.15, 0.2) is 6.10 Å². The van der Waals surface area contributed by atoms with Crippen molar-refractivity contribution in [1.82, 2.24) is 0 Å². The number of ether oxygens (including phenoxy) is 2. The van der Waals surface area contributed by atoms with Crippen LogP contribution in [0.4, 0.5) is 0 Å². The zero-order valence-corrected chi connectivity index (χ0v) is 62.9. The highest BCUT2D eigenvalue weighted by Gasteiger charge is 2.22. The number of hydrogen-bond donors (Lipinski definition) is 0. The number of carbonyl (C=O) groups excluding carboxylic acids is 2. The van der Waals surface area contributed by atoms with Crippen molar-refractivity contribution in [1.29, 1.82) is 0 Å². The van der Waals surface area contributed by atoms with Crippen LogP contribution in [0.2, 0.25) is 0 Å². The molecular weight excluding hydrogens is 1210 g/mol. The molecule has 0 heterocycles. The minimum Gasteiger partial charge on any atom is -0.756 e. The Morgan fingerprint density at radius 2 is 0.562 bits per heavy atom. The molecule has 2 atom stereocenters. The normalized spacial score (nSPS) is 14.1. The van der Waals surface area contributed by atoms with Gasteiger partial charge in [-0.15, -0.1) is 0 Å². The van der Waals surface area contributed by atoms with Gasteiger partial charge in [-0.1, -0.05) is 331 Å². The number of rotatable bonds is 69. The standard InChI is InChI=1S/C86H142NO8P/c1-6-8-10-12-14-16-18-20-22-24-26-28-30-32-34-36-38-39-40-41-42-43-44-45-46-47-49-51-53-55-57-59-61-63-65-67-69-71-73-75-77-79-86(89)95-84(83-94-96(90,91)93-81-80-87(3,4)5)82-92-85(88)78-76-74-72-70-68-66-64-62-60-58-56-54-52-50-48-37-35-33-31-29-27-25-23-21-19-17-15-13-11-9-7-2/h8-11,14-17,20-23,26-29,32-35,38-39,41-42,44-45,48,50,54,56,84H,6-7,12-13,18-19,24-25,30-31,36-37,40,43,46-47,49,51-53,55,57-83H2,1-5H3/b10-8-,11-9-,16-14-,17-15-,22-20-,23-21-,28-26-,29-27-,34-32-,35-33-,39-38-,42-41-,45-44-,50-48-,56-54-. The van der Waals surface area contributed by atoms with Crippen LogP contribution < -0.4 is 4.89 Å². The average molecular weight is 1350 g/mol. The molecule has 96 heavy (non-hydrogen) atoms. The van der Waals surface area contributed by atoms with E-state index >= 15 is 0 Å². The van der Waals surface area contributed by atoms with Crippen molar-refractivity contribution in [2.45, 2.75) is 302 Å². The molecule has 0 fully saturated rings. The van der Waals surface area contributed by atoms with Crippen molar-refractivity contribution in [3.8, 4) is 0 Å². The van der Waals surface area contributed by atoms with E-state index in [1.165, 1.54) is 116 Å².